The van der Waals surface area contributed by atoms with Crippen molar-refractivity contribution in [2.24, 2.45) is 0 Å². The molecule has 0 saturated carbocycles. The predicted octanol–water partition coefficient (Wildman–Crippen LogP) is 4.47. The van der Waals surface area contributed by atoms with Gasteiger partial charge in [0, 0.05) is 6.20 Å². The topological polar surface area (TPSA) is 48.4 Å². The van der Waals surface area contributed by atoms with Gasteiger partial charge in [0.1, 0.15) is 5.75 Å². The number of ether oxygens (including phenoxy) is 2. The molecule has 104 valence electrons. The zero-order valence-corrected chi connectivity index (χ0v) is 12.9. The Hall–Kier alpha value is -1.59. The minimum Gasteiger partial charge on any atom is -0.462 e. The van der Waals surface area contributed by atoms with Gasteiger partial charge in [-0.3, -0.25) is 0 Å². The summed E-state index contributed by atoms with van der Waals surface area (Å²) in [5, 5.41) is 0.516. The van der Waals surface area contributed by atoms with Crippen molar-refractivity contribution in [3.63, 3.8) is 0 Å². The standard InChI is InChI=1S/C14H11BrClNO3/c1-2-19-14(18)9-3-5-11(6-4-9)20-13-12(15)7-10(16)8-17-13/h3-8H,2H2,1H3. The first kappa shape index (κ1) is 14.8. The van der Waals surface area contributed by atoms with Crippen LogP contribution in [0.3, 0.4) is 0 Å². The van der Waals surface area contributed by atoms with Crippen molar-refractivity contribution in [1.82, 2.24) is 4.98 Å². The molecule has 0 atom stereocenters. The second kappa shape index (κ2) is 6.72. The molecule has 0 unspecified atom stereocenters. The van der Waals surface area contributed by atoms with Crippen LogP contribution in [0.5, 0.6) is 11.6 Å². The molecule has 1 aromatic heterocycles. The van der Waals surface area contributed by atoms with E-state index < -0.39 is 0 Å². The number of carbonyl (C=O) groups excluding carboxylic acids is 1. The second-order valence-electron chi connectivity index (χ2n) is 3.79. The third-order valence-corrected chi connectivity index (χ3v) is 3.13. The highest BCUT2D eigenvalue weighted by Gasteiger charge is 2.08. The Morgan fingerprint density at radius 3 is 2.65 bits per heavy atom. The van der Waals surface area contributed by atoms with Crippen LogP contribution in [0.25, 0.3) is 0 Å². The smallest absolute Gasteiger partial charge is 0.338 e. The first-order valence-corrected chi connectivity index (χ1v) is 7.03. The molecule has 0 fully saturated rings. The number of nitrogens with zero attached hydrogens (tertiary/aromatic N) is 1. The van der Waals surface area contributed by atoms with Gasteiger partial charge >= 0.3 is 5.97 Å². The Kier molecular flexibility index (Phi) is 4.98. The van der Waals surface area contributed by atoms with Crippen LogP contribution in [-0.4, -0.2) is 17.6 Å². The predicted molar refractivity (Wildman–Crippen MR) is 79.4 cm³/mol. The Morgan fingerprint density at radius 2 is 2.05 bits per heavy atom. The van der Waals surface area contributed by atoms with Crippen molar-refractivity contribution in [1.29, 1.82) is 0 Å². The highest BCUT2D eigenvalue weighted by Crippen LogP contribution is 2.29. The molecule has 0 bridgehead atoms. The average molecular weight is 357 g/mol. The summed E-state index contributed by atoms with van der Waals surface area (Å²) in [5.41, 5.74) is 0.474. The summed E-state index contributed by atoms with van der Waals surface area (Å²) in [5.74, 6) is 0.608. The van der Waals surface area contributed by atoms with Gasteiger partial charge in [-0.1, -0.05) is 11.6 Å². The van der Waals surface area contributed by atoms with E-state index in [2.05, 4.69) is 20.9 Å². The van der Waals surface area contributed by atoms with Gasteiger partial charge < -0.3 is 9.47 Å². The van der Waals surface area contributed by atoms with Crippen molar-refractivity contribution in [2.45, 2.75) is 6.92 Å². The van der Waals surface area contributed by atoms with Crippen LogP contribution in [0.1, 0.15) is 17.3 Å². The van der Waals surface area contributed by atoms with Crippen molar-refractivity contribution in [3.05, 3.63) is 51.6 Å². The van der Waals surface area contributed by atoms with Gasteiger partial charge in [0.25, 0.3) is 0 Å². The van der Waals surface area contributed by atoms with E-state index in [0.717, 1.165) is 0 Å². The Morgan fingerprint density at radius 1 is 1.35 bits per heavy atom. The fourth-order valence-electron chi connectivity index (χ4n) is 1.46. The van der Waals surface area contributed by atoms with Crippen molar-refractivity contribution < 1.29 is 14.3 Å². The summed E-state index contributed by atoms with van der Waals surface area (Å²) in [6, 6.07) is 8.31. The largest absolute Gasteiger partial charge is 0.462 e. The molecular weight excluding hydrogens is 346 g/mol. The lowest BCUT2D eigenvalue weighted by Gasteiger charge is -2.07. The molecule has 6 heteroatoms. The number of pyridine rings is 1. The summed E-state index contributed by atoms with van der Waals surface area (Å²) in [6.07, 6.45) is 1.49. The normalized spacial score (nSPS) is 10.2. The van der Waals surface area contributed by atoms with E-state index >= 15 is 0 Å². The lowest BCUT2D eigenvalue weighted by Crippen LogP contribution is -2.04. The average Bonchev–Trinajstić information content (AvgIpc) is 2.43. The van der Waals surface area contributed by atoms with Gasteiger partial charge in [-0.25, -0.2) is 9.78 Å². The maximum absolute atomic E-state index is 11.5. The molecule has 1 heterocycles. The molecule has 4 nitrogen and oxygen atoms in total. The molecule has 0 aliphatic rings. The molecule has 0 N–H and O–H groups in total. The van der Waals surface area contributed by atoms with Gasteiger partial charge in [-0.15, -0.1) is 0 Å². The van der Waals surface area contributed by atoms with E-state index in [9.17, 15) is 4.79 Å². The van der Waals surface area contributed by atoms with E-state index in [4.69, 9.17) is 21.1 Å². The van der Waals surface area contributed by atoms with E-state index in [0.29, 0.717) is 33.3 Å². The van der Waals surface area contributed by atoms with Crippen molar-refractivity contribution >= 4 is 33.5 Å². The van der Waals surface area contributed by atoms with Crippen LogP contribution in [0.2, 0.25) is 5.02 Å². The number of carbonyl (C=O) groups is 1. The molecule has 2 rings (SSSR count). The lowest BCUT2D eigenvalue weighted by molar-refractivity contribution is 0.0526. The van der Waals surface area contributed by atoms with Crippen molar-refractivity contribution in [2.75, 3.05) is 6.61 Å². The molecule has 20 heavy (non-hydrogen) atoms. The summed E-state index contributed by atoms with van der Waals surface area (Å²) < 4.78 is 11.1. The van der Waals surface area contributed by atoms with Gasteiger partial charge in [0.2, 0.25) is 5.88 Å². The first-order valence-electron chi connectivity index (χ1n) is 5.86. The van der Waals surface area contributed by atoms with E-state index in [1.54, 1.807) is 37.3 Å². The van der Waals surface area contributed by atoms with Crippen LogP contribution in [0, 0.1) is 0 Å². The molecule has 2 aromatic rings. The summed E-state index contributed by atoms with van der Waals surface area (Å²) in [6.45, 7) is 2.11. The summed E-state index contributed by atoms with van der Waals surface area (Å²) >= 11 is 9.12. The summed E-state index contributed by atoms with van der Waals surface area (Å²) in [4.78, 5) is 15.6. The molecule has 0 saturated heterocycles. The Balaban J connectivity index is 2.12. The Labute approximate surface area is 129 Å². The van der Waals surface area contributed by atoms with Crippen molar-refractivity contribution in [3.8, 4) is 11.6 Å². The third kappa shape index (κ3) is 3.71. The molecule has 0 spiro atoms. The Bertz CT molecular complexity index is 616. The van der Waals surface area contributed by atoms with E-state index in [1.165, 1.54) is 6.20 Å². The number of rotatable bonds is 4. The van der Waals surface area contributed by atoms with Crippen LogP contribution in [0.4, 0.5) is 0 Å². The SMILES string of the molecule is CCOC(=O)c1ccc(Oc2ncc(Cl)cc2Br)cc1. The van der Waals surface area contributed by atoms with E-state index in [-0.39, 0.29) is 5.97 Å². The molecule has 1 aromatic carbocycles. The van der Waals surface area contributed by atoms with Gasteiger partial charge in [0.05, 0.1) is 21.7 Å². The van der Waals surface area contributed by atoms with E-state index in [1.807, 2.05) is 0 Å². The fraction of sp³-hybridized carbons (Fsp3) is 0.143. The highest BCUT2D eigenvalue weighted by atomic mass is 79.9. The molecule has 0 radical (unpaired) electrons. The maximum atomic E-state index is 11.5. The highest BCUT2D eigenvalue weighted by molar-refractivity contribution is 9.10. The third-order valence-electron chi connectivity index (χ3n) is 2.35. The van der Waals surface area contributed by atoms with Crippen LogP contribution in [0.15, 0.2) is 41.0 Å². The van der Waals surface area contributed by atoms with Gasteiger partial charge in [-0.05, 0) is 53.2 Å². The lowest BCUT2D eigenvalue weighted by atomic mass is 10.2. The number of halogens is 2. The van der Waals surface area contributed by atoms with Crippen LogP contribution >= 0.6 is 27.5 Å². The number of benzene rings is 1. The van der Waals surface area contributed by atoms with Crippen LogP contribution < -0.4 is 4.74 Å². The molecule has 0 aliphatic carbocycles. The maximum Gasteiger partial charge on any atom is 0.338 e. The minimum atomic E-state index is -0.357. The van der Waals surface area contributed by atoms with Crippen LogP contribution in [-0.2, 0) is 4.74 Å². The van der Waals surface area contributed by atoms with Gasteiger partial charge in [-0.2, -0.15) is 0 Å². The monoisotopic (exact) mass is 355 g/mol. The molecule has 0 aliphatic heterocycles. The molecular formula is C14H11BrClNO3. The second-order valence-corrected chi connectivity index (χ2v) is 5.08. The number of esters is 1. The first-order chi connectivity index (χ1) is 9.60. The minimum absolute atomic E-state index is 0.346. The zero-order valence-electron chi connectivity index (χ0n) is 10.6. The molecule has 0 amide bonds. The number of hydrogen-bond donors (Lipinski definition) is 0. The zero-order chi connectivity index (χ0) is 14.5. The summed E-state index contributed by atoms with van der Waals surface area (Å²) in [7, 11) is 0. The fourth-order valence-corrected chi connectivity index (χ4v) is 2.18. The quantitative estimate of drug-likeness (QED) is 0.759. The van der Waals surface area contributed by atoms with Gasteiger partial charge in [0.15, 0.2) is 0 Å². The number of aromatic nitrogens is 1. The number of hydrogen-bond acceptors (Lipinski definition) is 4.